The minimum absolute atomic E-state index is 0.198. The van der Waals surface area contributed by atoms with Crippen LogP contribution in [0.2, 0.25) is 0 Å². The molecule has 1 aromatic rings. The molecular weight excluding hydrogens is 266 g/mol. The van der Waals surface area contributed by atoms with E-state index in [1.165, 1.54) is 5.69 Å². The van der Waals surface area contributed by atoms with Crippen LogP contribution in [0.5, 0.6) is 0 Å². The van der Waals surface area contributed by atoms with Gasteiger partial charge in [0.1, 0.15) is 5.60 Å². The highest BCUT2D eigenvalue weighted by Crippen LogP contribution is 2.28. The van der Waals surface area contributed by atoms with Gasteiger partial charge in [0.2, 0.25) is 0 Å². The molecule has 0 N–H and O–H groups in total. The lowest BCUT2D eigenvalue weighted by atomic mass is 9.94. The van der Waals surface area contributed by atoms with Gasteiger partial charge in [-0.2, -0.15) is 5.10 Å². The Balaban J connectivity index is 1.92. The average Bonchev–Trinajstić information content (AvgIpc) is 2.78. The van der Waals surface area contributed by atoms with Crippen molar-refractivity contribution in [2.45, 2.75) is 65.5 Å². The monoisotopic (exact) mass is 293 g/mol. The molecule has 0 bridgehead atoms. The van der Waals surface area contributed by atoms with Crippen molar-refractivity contribution in [3.8, 4) is 0 Å². The van der Waals surface area contributed by atoms with Crippen molar-refractivity contribution in [1.82, 2.24) is 14.7 Å². The van der Waals surface area contributed by atoms with Crippen LogP contribution in [-0.2, 0) is 11.3 Å². The van der Waals surface area contributed by atoms with Gasteiger partial charge in [0.15, 0.2) is 0 Å². The lowest BCUT2D eigenvalue weighted by Crippen LogP contribution is -2.41. The summed E-state index contributed by atoms with van der Waals surface area (Å²) < 4.78 is 7.46. The maximum absolute atomic E-state index is 12.0. The topological polar surface area (TPSA) is 47.4 Å². The molecule has 118 valence electrons. The summed E-state index contributed by atoms with van der Waals surface area (Å²) in [5, 5.41) is 4.66. The second-order valence-corrected chi connectivity index (χ2v) is 6.77. The van der Waals surface area contributed by atoms with Crippen molar-refractivity contribution in [1.29, 1.82) is 0 Å². The van der Waals surface area contributed by atoms with E-state index in [-0.39, 0.29) is 6.09 Å². The van der Waals surface area contributed by atoms with Gasteiger partial charge in [-0.3, -0.25) is 4.68 Å². The lowest BCUT2D eigenvalue weighted by Gasteiger charge is -2.32. The minimum atomic E-state index is -0.426. The predicted molar refractivity (Wildman–Crippen MR) is 82.4 cm³/mol. The van der Waals surface area contributed by atoms with Crippen molar-refractivity contribution >= 4 is 6.09 Å². The van der Waals surface area contributed by atoms with Gasteiger partial charge < -0.3 is 9.64 Å². The molecule has 0 aliphatic carbocycles. The van der Waals surface area contributed by atoms with Crippen molar-refractivity contribution in [2.75, 3.05) is 13.1 Å². The first kappa shape index (κ1) is 15.9. The second kappa shape index (κ2) is 6.08. The number of aryl methyl sites for hydroxylation is 2. The van der Waals surface area contributed by atoms with Crippen LogP contribution in [0, 0.1) is 6.92 Å². The highest BCUT2D eigenvalue weighted by Gasteiger charge is 2.28. The number of rotatable bonds is 2. The molecule has 1 fully saturated rings. The number of piperidine rings is 1. The first-order valence-corrected chi connectivity index (χ1v) is 7.82. The SMILES string of the molecule is CCn1nc(C2CCN(C(=O)OC(C)(C)C)CC2)cc1C. The fourth-order valence-electron chi connectivity index (χ4n) is 2.74. The fraction of sp³-hybridized carbons (Fsp3) is 0.750. The largest absolute Gasteiger partial charge is 0.444 e. The summed E-state index contributed by atoms with van der Waals surface area (Å²) >= 11 is 0. The van der Waals surface area contributed by atoms with E-state index >= 15 is 0 Å². The average molecular weight is 293 g/mol. The van der Waals surface area contributed by atoms with Gasteiger partial charge in [-0.05, 0) is 53.5 Å². The first-order chi connectivity index (χ1) is 9.80. The van der Waals surface area contributed by atoms with E-state index in [9.17, 15) is 4.79 Å². The number of aromatic nitrogens is 2. The van der Waals surface area contributed by atoms with E-state index in [0.717, 1.165) is 38.2 Å². The number of hydrogen-bond acceptors (Lipinski definition) is 3. The van der Waals surface area contributed by atoms with Crippen molar-refractivity contribution in [2.24, 2.45) is 0 Å². The van der Waals surface area contributed by atoms with Crippen LogP contribution in [0.25, 0.3) is 0 Å². The van der Waals surface area contributed by atoms with Crippen LogP contribution >= 0.6 is 0 Å². The molecule has 1 saturated heterocycles. The van der Waals surface area contributed by atoms with E-state index in [0.29, 0.717) is 5.92 Å². The maximum atomic E-state index is 12.0. The Labute approximate surface area is 127 Å². The van der Waals surface area contributed by atoms with E-state index in [2.05, 4.69) is 25.0 Å². The molecule has 2 heterocycles. The summed E-state index contributed by atoms with van der Waals surface area (Å²) in [7, 11) is 0. The van der Waals surface area contributed by atoms with Gasteiger partial charge in [-0.25, -0.2) is 4.79 Å². The molecular formula is C16H27N3O2. The molecule has 5 nitrogen and oxygen atoms in total. The third-order valence-electron chi connectivity index (χ3n) is 3.86. The summed E-state index contributed by atoms with van der Waals surface area (Å²) in [5.74, 6) is 0.454. The van der Waals surface area contributed by atoms with Gasteiger partial charge in [-0.15, -0.1) is 0 Å². The lowest BCUT2D eigenvalue weighted by molar-refractivity contribution is 0.0204. The molecule has 1 amide bonds. The van der Waals surface area contributed by atoms with Gasteiger partial charge in [0, 0.05) is 31.2 Å². The number of hydrogen-bond donors (Lipinski definition) is 0. The van der Waals surface area contributed by atoms with Gasteiger partial charge >= 0.3 is 6.09 Å². The zero-order valence-corrected chi connectivity index (χ0v) is 13.8. The van der Waals surface area contributed by atoms with E-state index in [1.807, 2.05) is 30.4 Å². The first-order valence-electron chi connectivity index (χ1n) is 7.82. The molecule has 0 atom stereocenters. The van der Waals surface area contributed by atoms with E-state index in [4.69, 9.17) is 4.74 Å². The molecule has 5 heteroatoms. The Hall–Kier alpha value is -1.52. The Morgan fingerprint density at radius 1 is 1.38 bits per heavy atom. The molecule has 0 saturated carbocycles. The Bertz CT molecular complexity index is 494. The number of likely N-dealkylation sites (tertiary alicyclic amines) is 1. The van der Waals surface area contributed by atoms with Crippen LogP contribution < -0.4 is 0 Å². The standard InChI is InChI=1S/C16H27N3O2/c1-6-19-12(2)11-14(17-19)13-7-9-18(10-8-13)15(20)21-16(3,4)5/h11,13H,6-10H2,1-5H3. The Kier molecular flexibility index (Phi) is 4.59. The quantitative estimate of drug-likeness (QED) is 0.840. The van der Waals surface area contributed by atoms with Crippen LogP contribution in [0.4, 0.5) is 4.79 Å². The van der Waals surface area contributed by atoms with Crippen LogP contribution in [0.15, 0.2) is 6.07 Å². The molecule has 0 radical (unpaired) electrons. The molecule has 0 aromatic carbocycles. The van der Waals surface area contributed by atoms with Crippen LogP contribution in [0.1, 0.15) is 57.8 Å². The fourth-order valence-corrected chi connectivity index (χ4v) is 2.74. The summed E-state index contributed by atoms with van der Waals surface area (Å²) in [5.41, 5.74) is 1.95. The highest BCUT2D eigenvalue weighted by atomic mass is 16.6. The molecule has 2 rings (SSSR count). The van der Waals surface area contributed by atoms with Gasteiger partial charge in [0.25, 0.3) is 0 Å². The Morgan fingerprint density at radius 2 is 2.00 bits per heavy atom. The predicted octanol–water partition coefficient (Wildman–Crippen LogP) is 3.33. The Morgan fingerprint density at radius 3 is 2.48 bits per heavy atom. The third-order valence-corrected chi connectivity index (χ3v) is 3.86. The molecule has 1 aliphatic heterocycles. The number of carbonyl (C=O) groups is 1. The van der Waals surface area contributed by atoms with Crippen LogP contribution in [0.3, 0.4) is 0 Å². The van der Waals surface area contributed by atoms with E-state index in [1.54, 1.807) is 0 Å². The van der Waals surface area contributed by atoms with Crippen molar-refractivity contribution < 1.29 is 9.53 Å². The molecule has 0 spiro atoms. The number of ether oxygens (including phenoxy) is 1. The normalized spacial score (nSPS) is 17.1. The third kappa shape index (κ3) is 3.99. The number of carbonyl (C=O) groups excluding carboxylic acids is 1. The van der Waals surface area contributed by atoms with Gasteiger partial charge in [0.05, 0.1) is 5.69 Å². The van der Waals surface area contributed by atoms with Gasteiger partial charge in [-0.1, -0.05) is 0 Å². The molecule has 1 aromatic heterocycles. The zero-order valence-electron chi connectivity index (χ0n) is 13.8. The maximum Gasteiger partial charge on any atom is 0.410 e. The van der Waals surface area contributed by atoms with E-state index < -0.39 is 5.60 Å². The van der Waals surface area contributed by atoms with Crippen molar-refractivity contribution in [3.05, 3.63) is 17.5 Å². The zero-order chi connectivity index (χ0) is 15.6. The second-order valence-electron chi connectivity index (χ2n) is 6.77. The minimum Gasteiger partial charge on any atom is -0.444 e. The number of nitrogens with zero attached hydrogens (tertiary/aromatic N) is 3. The molecule has 0 unspecified atom stereocenters. The molecule has 21 heavy (non-hydrogen) atoms. The molecule has 1 aliphatic rings. The summed E-state index contributed by atoms with van der Waals surface area (Å²) in [4.78, 5) is 13.9. The summed E-state index contributed by atoms with van der Waals surface area (Å²) in [6.07, 6.45) is 1.72. The summed E-state index contributed by atoms with van der Waals surface area (Å²) in [6, 6.07) is 2.18. The van der Waals surface area contributed by atoms with Crippen LogP contribution in [-0.4, -0.2) is 39.5 Å². The van der Waals surface area contributed by atoms with Crippen molar-refractivity contribution in [3.63, 3.8) is 0 Å². The summed E-state index contributed by atoms with van der Waals surface area (Å²) in [6.45, 7) is 12.3. The highest BCUT2D eigenvalue weighted by molar-refractivity contribution is 5.68. The smallest absolute Gasteiger partial charge is 0.410 e. The number of amides is 1.